The minimum atomic E-state index is -3.83. The first-order valence-electron chi connectivity index (χ1n) is 13.1. The van der Waals surface area contributed by atoms with Crippen LogP contribution in [0, 0.1) is 13.8 Å². The molecule has 0 saturated carbocycles. The van der Waals surface area contributed by atoms with Crippen molar-refractivity contribution in [3.8, 4) is 0 Å². The summed E-state index contributed by atoms with van der Waals surface area (Å²) < 4.78 is 27.1. The van der Waals surface area contributed by atoms with Gasteiger partial charge in [0.05, 0.1) is 11.9 Å². The van der Waals surface area contributed by atoms with E-state index in [4.69, 9.17) is 11.6 Å². The molecule has 0 aromatic heterocycles. The fourth-order valence-corrected chi connectivity index (χ4v) is 5.40. The number of hydrogen-bond donors (Lipinski definition) is 1. The highest BCUT2D eigenvalue weighted by Crippen LogP contribution is 2.25. The summed E-state index contributed by atoms with van der Waals surface area (Å²) in [6.07, 6.45) is 1.34. The maximum absolute atomic E-state index is 14.2. The summed E-state index contributed by atoms with van der Waals surface area (Å²) in [5, 5.41) is 3.56. The highest BCUT2D eigenvalue weighted by atomic mass is 35.5. The van der Waals surface area contributed by atoms with Crippen LogP contribution in [-0.2, 0) is 32.6 Å². The van der Waals surface area contributed by atoms with Gasteiger partial charge in [0.2, 0.25) is 21.8 Å². The molecule has 0 aliphatic heterocycles. The Balaban J connectivity index is 2.09. The average molecular weight is 584 g/mol. The Morgan fingerprint density at radius 1 is 0.925 bits per heavy atom. The molecule has 0 radical (unpaired) electrons. The van der Waals surface area contributed by atoms with E-state index < -0.39 is 34.1 Å². The number of benzene rings is 3. The Hall–Kier alpha value is -3.36. The summed E-state index contributed by atoms with van der Waals surface area (Å²) in [7, 11) is -3.83. The maximum Gasteiger partial charge on any atom is 0.244 e. The molecule has 0 spiro atoms. The van der Waals surface area contributed by atoms with Gasteiger partial charge in [0.25, 0.3) is 0 Å². The molecule has 7 nitrogen and oxygen atoms in total. The zero-order valence-electron chi connectivity index (χ0n) is 23.9. The Morgan fingerprint density at radius 2 is 1.55 bits per heavy atom. The number of rotatable bonds is 10. The lowest BCUT2D eigenvalue weighted by Gasteiger charge is -2.35. The van der Waals surface area contributed by atoms with Crippen molar-refractivity contribution < 1.29 is 18.0 Å². The molecule has 0 aliphatic carbocycles. The molecular formula is C31H38ClN3O4S. The monoisotopic (exact) mass is 583 g/mol. The molecule has 9 heteroatoms. The summed E-state index contributed by atoms with van der Waals surface area (Å²) in [5.41, 5.74) is 3.11. The van der Waals surface area contributed by atoms with E-state index in [2.05, 4.69) is 5.32 Å². The van der Waals surface area contributed by atoms with Crippen LogP contribution in [0.15, 0.2) is 72.8 Å². The third kappa shape index (κ3) is 8.83. The van der Waals surface area contributed by atoms with Gasteiger partial charge < -0.3 is 10.2 Å². The Labute approximate surface area is 243 Å². The predicted molar refractivity (Wildman–Crippen MR) is 162 cm³/mol. The van der Waals surface area contributed by atoms with Crippen molar-refractivity contribution in [2.24, 2.45) is 0 Å². The molecule has 0 aliphatic rings. The van der Waals surface area contributed by atoms with Crippen molar-refractivity contribution >= 4 is 39.1 Å². The summed E-state index contributed by atoms with van der Waals surface area (Å²) in [6, 6.07) is 21.1. The summed E-state index contributed by atoms with van der Waals surface area (Å²) >= 11 is 6.10. The molecular weight excluding hydrogens is 546 g/mol. The molecule has 1 N–H and O–H groups in total. The lowest BCUT2D eigenvalue weighted by molar-refractivity contribution is -0.140. The lowest BCUT2D eigenvalue weighted by atomic mass is 10.0. The second-order valence-corrected chi connectivity index (χ2v) is 13.5. The molecule has 1 atom stereocenters. The molecule has 214 valence electrons. The van der Waals surface area contributed by atoms with Crippen LogP contribution in [0.2, 0.25) is 5.02 Å². The number of halogens is 1. The van der Waals surface area contributed by atoms with E-state index in [1.165, 1.54) is 4.90 Å². The molecule has 3 aromatic carbocycles. The van der Waals surface area contributed by atoms with Crippen LogP contribution in [0.4, 0.5) is 5.69 Å². The predicted octanol–water partition coefficient (Wildman–Crippen LogP) is 5.28. The van der Waals surface area contributed by atoms with E-state index in [0.29, 0.717) is 10.7 Å². The van der Waals surface area contributed by atoms with Crippen molar-refractivity contribution in [2.75, 3.05) is 17.1 Å². The van der Waals surface area contributed by atoms with Gasteiger partial charge in [-0.15, -0.1) is 0 Å². The molecule has 0 heterocycles. The fourth-order valence-electron chi connectivity index (χ4n) is 4.38. The molecule has 3 rings (SSSR count). The van der Waals surface area contributed by atoms with Crippen molar-refractivity contribution in [2.45, 2.75) is 59.2 Å². The number of nitrogens with one attached hydrogen (secondary N) is 1. The molecule has 2 amide bonds. The van der Waals surface area contributed by atoms with Gasteiger partial charge in [-0.05, 0) is 75.1 Å². The van der Waals surface area contributed by atoms with Crippen molar-refractivity contribution in [1.82, 2.24) is 10.2 Å². The largest absolute Gasteiger partial charge is 0.350 e. The Kier molecular flexibility index (Phi) is 10.0. The van der Waals surface area contributed by atoms with Crippen LogP contribution in [-0.4, -0.2) is 49.5 Å². The van der Waals surface area contributed by atoms with Gasteiger partial charge in [0, 0.05) is 23.5 Å². The van der Waals surface area contributed by atoms with Crippen LogP contribution in [0.25, 0.3) is 0 Å². The summed E-state index contributed by atoms with van der Waals surface area (Å²) in [5.74, 6) is -0.817. The number of carbonyl (C=O) groups excluding carboxylic acids is 2. The van der Waals surface area contributed by atoms with Gasteiger partial charge in [-0.1, -0.05) is 66.2 Å². The van der Waals surface area contributed by atoms with E-state index in [1.54, 1.807) is 37.3 Å². The zero-order valence-corrected chi connectivity index (χ0v) is 25.5. The van der Waals surface area contributed by atoms with Gasteiger partial charge in [-0.3, -0.25) is 13.9 Å². The molecule has 1 unspecified atom stereocenters. The van der Waals surface area contributed by atoms with Crippen molar-refractivity contribution in [1.29, 1.82) is 0 Å². The van der Waals surface area contributed by atoms with E-state index in [-0.39, 0.29) is 18.9 Å². The first-order chi connectivity index (χ1) is 18.6. The third-order valence-corrected chi connectivity index (χ3v) is 7.73. The Morgan fingerprint density at radius 3 is 2.12 bits per heavy atom. The number of hydrogen-bond acceptors (Lipinski definition) is 4. The van der Waals surface area contributed by atoms with Gasteiger partial charge in [0.1, 0.15) is 12.6 Å². The second kappa shape index (κ2) is 12.9. The summed E-state index contributed by atoms with van der Waals surface area (Å²) in [4.78, 5) is 29.4. The number of sulfonamides is 1. The fraction of sp³-hybridized carbons (Fsp3) is 0.355. The van der Waals surface area contributed by atoms with E-state index in [0.717, 1.165) is 32.8 Å². The minimum absolute atomic E-state index is 0.0927. The third-order valence-electron chi connectivity index (χ3n) is 6.35. The van der Waals surface area contributed by atoms with Crippen LogP contribution in [0.5, 0.6) is 0 Å². The average Bonchev–Trinajstić information content (AvgIpc) is 2.86. The number of anilines is 1. The van der Waals surface area contributed by atoms with E-state index in [9.17, 15) is 18.0 Å². The SMILES string of the molecule is Cc1ccc(C)c(N(CC(=O)N(Cc2ccc(Cl)cc2)C(Cc2ccccc2)C(=O)NC(C)(C)C)S(C)(=O)=O)c1. The molecule has 0 saturated heterocycles. The molecule has 40 heavy (non-hydrogen) atoms. The summed E-state index contributed by atoms with van der Waals surface area (Å²) in [6.45, 7) is 8.94. The van der Waals surface area contributed by atoms with E-state index >= 15 is 0 Å². The zero-order chi connectivity index (χ0) is 29.7. The highest BCUT2D eigenvalue weighted by molar-refractivity contribution is 7.92. The van der Waals surface area contributed by atoms with Crippen LogP contribution in [0.1, 0.15) is 43.0 Å². The van der Waals surface area contributed by atoms with Gasteiger partial charge in [-0.25, -0.2) is 8.42 Å². The minimum Gasteiger partial charge on any atom is -0.350 e. The van der Waals surface area contributed by atoms with E-state index in [1.807, 2.05) is 70.2 Å². The molecule has 0 bridgehead atoms. The lowest BCUT2D eigenvalue weighted by Crippen LogP contribution is -2.56. The standard InChI is InChI=1S/C31H38ClN3O4S/c1-22-12-13-23(2)27(18-22)35(40(6,38)39)21-29(36)34(20-25-14-16-26(32)17-15-25)28(30(37)33-31(3,4)5)19-24-10-8-7-9-11-24/h7-18,28H,19-21H2,1-6H3,(H,33,37). The van der Waals surface area contributed by atoms with Gasteiger partial charge in [0.15, 0.2) is 0 Å². The van der Waals surface area contributed by atoms with Crippen molar-refractivity contribution in [3.63, 3.8) is 0 Å². The quantitative estimate of drug-likeness (QED) is 0.352. The highest BCUT2D eigenvalue weighted by Gasteiger charge is 2.34. The number of carbonyl (C=O) groups is 2. The normalized spacial score (nSPS) is 12.5. The topological polar surface area (TPSA) is 86.8 Å². The number of nitrogens with zero attached hydrogens (tertiary/aromatic N) is 2. The van der Waals surface area contributed by atoms with Crippen LogP contribution in [0.3, 0.4) is 0 Å². The number of aryl methyl sites for hydroxylation is 2. The second-order valence-electron chi connectivity index (χ2n) is 11.2. The molecule has 3 aromatic rings. The maximum atomic E-state index is 14.2. The first kappa shape index (κ1) is 31.2. The van der Waals surface area contributed by atoms with Gasteiger partial charge >= 0.3 is 0 Å². The first-order valence-corrected chi connectivity index (χ1v) is 15.3. The molecule has 0 fully saturated rings. The van der Waals surface area contributed by atoms with Gasteiger partial charge in [-0.2, -0.15) is 0 Å². The smallest absolute Gasteiger partial charge is 0.244 e. The van der Waals surface area contributed by atoms with Crippen LogP contribution >= 0.6 is 11.6 Å². The van der Waals surface area contributed by atoms with Crippen LogP contribution < -0.4 is 9.62 Å². The number of amides is 2. The van der Waals surface area contributed by atoms with Crippen molar-refractivity contribution in [3.05, 3.63) is 100 Å². The Bertz CT molecular complexity index is 1440.